The lowest BCUT2D eigenvalue weighted by Crippen LogP contribution is -2.22. The van der Waals surface area contributed by atoms with Gasteiger partial charge >= 0.3 is 0 Å². The number of carbonyl (C=O) groups is 1. The first-order valence-electron chi connectivity index (χ1n) is 9.10. The highest BCUT2D eigenvalue weighted by Gasteiger charge is 2.24. The molecule has 1 amide bonds. The van der Waals surface area contributed by atoms with E-state index in [0.717, 1.165) is 30.8 Å². The van der Waals surface area contributed by atoms with Crippen molar-refractivity contribution < 1.29 is 4.79 Å². The molecule has 0 unspecified atom stereocenters. The molecule has 0 spiro atoms. The molecule has 26 heavy (non-hydrogen) atoms. The van der Waals surface area contributed by atoms with Crippen LogP contribution in [0.3, 0.4) is 0 Å². The molecule has 2 aromatic heterocycles. The van der Waals surface area contributed by atoms with Gasteiger partial charge in [-0.05, 0) is 42.9 Å². The summed E-state index contributed by atoms with van der Waals surface area (Å²) in [5.41, 5.74) is 3.75. The number of amides is 1. The third kappa shape index (κ3) is 3.27. The average Bonchev–Trinajstić information content (AvgIpc) is 3.28. The quantitative estimate of drug-likeness (QED) is 0.770. The molecule has 6 nitrogen and oxygen atoms in total. The number of nitrogens with zero attached hydrogens (tertiary/aromatic N) is 4. The topological polar surface area (TPSA) is 64.7 Å². The van der Waals surface area contributed by atoms with Gasteiger partial charge in [0.25, 0.3) is 0 Å². The molecule has 134 valence electrons. The first-order valence-corrected chi connectivity index (χ1v) is 9.10. The lowest BCUT2D eigenvalue weighted by atomic mass is 9.88. The van der Waals surface area contributed by atoms with Crippen LogP contribution in [0.15, 0.2) is 48.8 Å². The second-order valence-electron chi connectivity index (χ2n) is 6.76. The normalized spacial score (nSPS) is 16.3. The van der Waals surface area contributed by atoms with Gasteiger partial charge in [0, 0.05) is 31.4 Å². The Hall–Kier alpha value is -2.89. The largest absolute Gasteiger partial charge is 0.311 e. The van der Waals surface area contributed by atoms with Crippen molar-refractivity contribution in [2.75, 3.05) is 5.32 Å². The van der Waals surface area contributed by atoms with Gasteiger partial charge in [-0.15, -0.1) is 0 Å². The molecule has 3 aromatic rings. The average molecular weight is 349 g/mol. The number of hydrogen-bond donors (Lipinski definition) is 1. The second kappa shape index (κ2) is 7.15. The summed E-state index contributed by atoms with van der Waals surface area (Å²) in [4.78, 5) is 12.4. The Balaban J connectivity index is 1.48. The van der Waals surface area contributed by atoms with Gasteiger partial charge in [0.05, 0.1) is 12.2 Å². The van der Waals surface area contributed by atoms with Crippen molar-refractivity contribution in [1.82, 2.24) is 19.6 Å². The maximum atomic E-state index is 12.4. The zero-order valence-corrected chi connectivity index (χ0v) is 14.9. The number of anilines is 1. The van der Waals surface area contributed by atoms with Crippen LogP contribution in [0.2, 0.25) is 0 Å². The van der Waals surface area contributed by atoms with Crippen molar-refractivity contribution in [2.24, 2.45) is 7.05 Å². The van der Waals surface area contributed by atoms with Gasteiger partial charge in [-0.1, -0.05) is 24.3 Å². The minimum absolute atomic E-state index is 0.00274. The molecule has 0 radical (unpaired) electrons. The predicted molar refractivity (Wildman–Crippen MR) is 99.9 cm³/mol. The number of aryl methyl sites for hydroxylation is 3. The van der Waals surface area contributed by atoms with Crippen LogP contribution in [-0.4, -0.2) is 25.5 Å². The van der Waals surface area contributed by atoms with E-state index in [9.17, 15) is 4.79 Å². The third-order valence-corrected chi connectivity index (χ3v) is 5.10. The molecule has 1 aliphatic rings. The summed E-state index contributed by atoms with van der Waals surface area (Å²) in [5.74, 6) is 0.763. The standard InChI is InChI=1S/C20H23N5O/c1-24-16(11-13-21-24)9-10-20(26)23-19-12-14-22-25(19)18-8-4-6-15-5-2-3-7-17(15)18/h2-3,5,7,11-14,18H,4,6,8-10H2,1H3,(H,23,26)/t18-/m0/s1. The van der Waals surface area contributed by atoms with E-state index in [4.69, 9.17) is 0 Å². The highest BCUT2D eigenvalue weighted by atomic mass is 16.1. The van der Waals surface area contributed by atoms with E-state index in [1.807, 2.05) is 23.9 Å². The molecule has 4 rings (SSSR count). The SMILES string of the molecule is Cn1nccc1CCC(=O)Nc1ccnn1[C@H]1CCCc2ccccc21. The van der Waals surface area contributed by atoms with Crippen LogP contribution >= 0.6 is 0 Å². The molecule has 0 saturated heterocycles. The van der Waals surface area contributed by atoms with Gasteiger partial charge in [0.2, 0.25) is 5.91 Å². The number of aromatic nitrogens is 4. The number of hydrogen-bond acceptors (Lipinski definition) is 3. The lowest BCUT2D eigenvalue weighted by molar-refractivity contribution is -0.116. The van der Waals surface area contributed by atoms with Crippen molar-refractivity contribution in [2.45, 2.75) is 38.1 Å². The summed E-state index contributed by atoms with van der Waals surface area (Å²) in [5, 5.41) is 11.7. The van der Waals surface area contributed by atoms with E-state index in [0.29, 0.717) is 12.8 Å². The minimum Gasteiger partial charge on any atom is -0.311 e. The summed E-state index contributed by atoms with van der Waals surface area (Å²) in [7, 11) is 1.89. The highest BCUT2D eigenvalue weighted by molar-refractivity contribution is 5.90. The molecule has 0 saturated carbocycles. The summed E-state index contributed by atoms with van der Waals surface area (Å²) in [6.07, 6.45) is 7.89. The number of benzene rings is 1. The van der Waals surface area contributed by atoms with E-state index in [2.05, 4.69) is 39.8 Å². The third-order valence-electron chi connectivity index (χ3n) is 5.10. The zero-order valence-electron chi connectivity index (χ0n) is 14.9. The van der Waals surface area contributed by atoms with Crippen LogP contribution in [0.1, 0.15) is 42.1 Å². The van der Waals surface area contributed by atoms with E-state index >= 15 is 0 Å². The van der Waals surface area contributed by atoms with E-state index < -0.39 is 0 Å². The number of rotatable bonds is 5. The fourth-order valence-electron chi connectivity index (χ4n) is 3.74. The summed E-state index contributed by atoms with van der Waals surface area (Å²) in [6.45, 7) is 0. The van der Waals surface area contributed by atoms with Crippen molar-refractivity contribution in [3.63, 3.8) is 0 Å². The van der Waals surface area contributed by atoms with Crippen molar-refractivity contribution >= 4 is 11.7 Å². The molecule has 1 N–H and O–H groups in total. The maximum absolute atomic E-state index is 12.4. The monoisotopic (exact) mass is 349 g/mol. The number of nitrogens with one attached hydrogen (secondary N) is 1. The molecule has 6 heteroatoms. The second-order valence-corrected chi connectivity index (χ2v) is 6.76. The van der Waals surface area contributed by atoms with Crippen LogP contribution in [-0.2, 0) is 24.7 Å². The Morgan fingerprint density at radius 2 is 2.04 bits per heavy atom. The first kappa shape index (κ1) is 16.6. The lowest BCUT2D eigenvalue weighted by Gasteiger charge is -2.27. The summed E-state index contributed by atoms with van der Waals surface area (Å²) < 4.78 is 3.76. The van der Waals surface area contributed by atoms with Crippen LogP contribution in [0, 0.1) is 0 Å². The molecule has 1 aliphatic carbocycles. The summed E-state index contributed by atoms with van der Waals surface area (Å²) in [6, 6.07) is 12.5. The number of fused-ring (bicyclic) bond motifs is 1. The molecular formula is C20H23N5O. The Labute approximate surface area is 152 Å². The molecule has 0 aliphatic heterocycles. The van der Waals surface area contributed by atoms with Crippen LogP contribution in [0.25, 0.3) is 0 Å². The van der Waals surface area contributed by atoms with Crippen molar-refractivity contribution in [1.29, 1.82) is 0 Å². The van der Waals surface area contributed by atoms with E-state index in [1.165, 1.54) is 11.1 Å². The van der Waals surface area contributed by atoms with E-state index in [1.54, 1.807) is 17.1 Å². The first-order chi connectivity index (χ1) is 12.7. The molecule has 0 fully saturated rings. The summed E-state index contributed by atoms with van der Waals surface area (Å²) >= 11 is 0. The van der Waals surface area contributed by atoms with Crippen molar-refractivity contribution in [3.8, 4) is 0 Å². The predicted octanol–water partition coefficient (Wildman–Crippen LogP) is 3.11. The highest BCUT2D eigenvalue weighted by Crippen LogP contribution is 2.34. The van der Waals surface area contributed by atoms with Crippen LogP contribution < -0.4 is 5.32 Å². The van der Waals surface area contributed by atoms with Gasteiger partial charge in [-0.2, -0.15) is 10.2 Å². The van der Waals surface area contributed by atoms with Crippen LogP contribution in [0.4, 0.5) is 5.82 Å². The van der Waals surface area contributed by atoms with Gasteiger partial charge in [-0.25, -0.2) is 4.68 Å². The maximum Gasteiger partial charge on any atom is 0.225 e. The smallest absolute Gasteiger partial charge is 0.225 e. The molecule has 0 bridgehead atoms. The zero-order chi connectivity index (χ0) is 17.9. The number of carbonyl (C=O) groups excluding carboxylic acids is 1. The van der Waals surface area contributed by atoms with Crippen molar-refractivity contribution in [3.05, 3.63) is 65.6 Å². The Kier molecular flexibility index (Phi) is 4.56. The molecule has 2 heterocycles. The van der Waals surface area contributed by atoms with Gasteiger partial charge in [0.15, 0.2) is 0 Å². The van der Waals surface area contributed by atoms with Gasteiger partial charge in [-0.3, -0.25) is 9.48 Å². The minimum atomic E-state index is -0.00274. The fourth-order valence-corrected chi connectivity index (χ4v) is 3.74. The fraction of sp³-hybridized carbons (Fsp3) is 0.350. The Morgan fingerprint density at radius 1 is 1.19 bits per heavy atom. The molecular weight excluding hydrogens is 326 g/mol. The molecule has 1 atom stereocenters. The van der Waals surface area contributed by atoms with Crippen LogP contribution in [0.5, 0.6) is 0 Å². The van der Waals surface area contributed by atoms with Gasteiger partial charge < -0.3 is 5.32 Å². The Morgan fingerprint density at radius 3 is 2.88 bits per heavy atom. The van der Waals surface area contributed by atoms with Gasteiger partial charge in [0.1, 0.15) is 5.82 Å². The molecule has 1 aromatic carbocycles. The van der Waals surface area contributed by atoms with E-state index in [-0.39, 0.29) is 11.9 Å². The Bertz CT molecular complexity index is 910.